The van der Waals surface area contributed by atoms with Gasteiger partial charge in [0.05, 0.1) is 7.11 Å². The summed E-state index contributed by atoms with van der Waals surface area (Å²) >= 11 is 0. The Bertz CT molecular complexity index is 772. The Morgan fingerprint density at radius 1 is 1.28 bits per heavy atom. The Kier molecular flexibility index (Phi) is 5.21. The molecule has 2 aromatic rings. The number of rotatable bonds is 5. The molecule has 1 fully saturated rings. The molecule has 7 heteroatoms. The van der Waals surface area contributed by atoms with E-state index in [1.165, 1.54) is 6.42 Å². The summed E-state index contributed by atoms with van der Waals surface area (Å²) in [6.45, 7) is 0.202. The highest BCUT2D eigenvalue weighted by Crippen LogP contribution is 2.25. The summed E-state index contributed by atoms with van der Waals surface area (Å²) in [6, 6.07) is 7.23. The average molecular weight is 346 g/mol. The second-order valence-corrected chi connectivity index (χ2v) is 6.49. The largest absolute Gasteiger partial charge is 0.497 e. The molecule has 0 aliphatic heterocycles. The van der Waals surface area contributed by atoms with Crippen LogP contribution in [0.25, 0.3) is 5.69 Å². The van der Waals surface area contributed by atoms with Gasteiger partial charge in [0.15, 0.2) is 0 Å². The molecule has 0 atom stereocenters. The third kappa shape index (κ3) is 3.75. The van der Waals surface area contributed by atoms with Crippen molar-refractivity contribution in [2.75, 3.05) is 14.2 Å². The summed E-state index contributed by atoms with van der Waals surface area (Å²) in [5.74, 6) is 0.891. The van der Waals surface area contributed by atoms with Gasteiger partial charge in [0.2, 0.25) is 11.6 Å². The molecule has 1 saturated carbocycles. The van der Waals surface area contributed by atoms with Crippen molar-refractivity contribution in [1.82, 2.24) is 10.2 Å². The van der Waals surface area contributed by atoms with Gasteiger partial charge in [0, 0.05) is 25.1 Å². The summed E-state index contributed by atoms with van der Waals surface area (Å²) in [4.78, 5) is 26.3. The molecule has 25 heavy (non-hydrogen) atoms. The number of aromatic nitrogens is 2. The number of carbonyl (C=O) groups excluding carboxylic acids is 1. The topological polar surface area (TPSA) is 79.4 Å². The predicted octanol–water partition coefficient (Wildman–Crippen LogP) is 1.79. The molecule has 1 aromatic carbocycles. The van der Waals surface area contributed by atoms with Crippen LogP contribution < -0.4 is 15.0 Å². The number of benzene rings is 1. The van der Waals surface area contributed by atoms with E-state index in [4.69, 9.17) is 9.26 Å². The van der Waals surface area contributed by atoms with E-state index in [0.29, 0.717) is 5.69 Å². The third-order valence-electron chi connectivity index (χ3n) is 4.78. The molecule has 0 spiro atoms. The maximum absolute atomic E-state index is 12.6. The Morgan fingerprint density at radius 3 is 2.60 bits per heavy atom. The lowest BCUT2D eigenvalue weighted by Crippen LogP contribution is -2.43. The monoisotopic (exact) mass is 346 g/mol. The van der Waals surface area contributed by atoms with Gasteiger partial charge in [-0.05, 0) is 34.9 Å². The summed E-state index contributed by atoms with van der Waals surface area (Å²) < 4.78 is 11.7. The maximum Gasteiger partial charge on any atom is 0.432 e. The molecular weight excluding hydrogens is 322 g/mol. The molecule has 0 bridgehead atoms. The molecule has 1 aliphatic rings. The molecule has 0 radical (unpaired) electrons. The maximum atomic E-state index is 12.6. The van der Waals surface area contributed by atoms with Crippen molar-refractivity contribution in [3.05, 3.63) is 40.4 Å². The lowest BCUT2D eigenvalue weighted by molar-refractivity contribution is -0.678. The third-order valence-corrected chi connectivity index (χ3v) is 4.78. The molecule has 1 aromatic heterocycles. The summed E-state index contributed by atoms with van der Waals surface area (Å²) in [7, 11) is 3.33. The van der Waals surface area contributed by atoms with Crippen LogP contribution in [0.4, 0.5) is 0 Å². The van der Waals surface area contributed by atoms with Crippen molar-refractivity contribution in [1.29, 1.82) is 0 Å². The zero-order chi connectivity index (χ0) is 17.8. The van der Waals surface area contributed by atoms with E-state index in [2.05, 4.69) is 5.27 Å². The van der Waals surface area contributed by atoms with Gasteiger partial charge in [-0.15, -0.1) is 0 Å². The normalized spacial score (nSPS) is 15.1. The van der Waals surface area contributed by atoms with Gasteiger partial charge in [-0.1, -0.05) is 19.3 Å². The zero-order valence-electron chi connectivity index (χ0n) is 14.7. The first-order chi connectivity index (χ1) is 12.1. The Hall–Kier alpha value is -2.57. The fourth-order valence-corrected chi connectivity index (χ4v) is 3.33. The number of carbonyl (C=O) groups is 1. The van der Waals surface area contributed by atoms with Crippen molar-refractivity contribution >= 4 is 5.91 Å². The van der Waals surface area contributed by atoms with Gasteiger partial charge in [-0.2, -0.15) is 0 Å². The minimum atomic E-state index is -0.473. The van der Waals surface area contributed by atoms with Crippen molar-refractivity contribution in [3.63, 3.8) is 0 Å². The second-order valence-electron chi connectivity index (χ2n) is 6.49. The van der Waals surface area contributed by atoms with Crippen LogP contribution in [0, 0.1) is 5.92 Å². The Balaban J connectivity index is 1.79. The van der Waals surface area contributed by atoms with E-state index < -0.39 is 5.63 Å². The van der Waals surface area contributed by atoms with Crippen molar-refractivity contribution in [2.45, 2.75) is 38.6 Å². The Labute approximate surface area is 146 Å². The first-order valence-corrected chi connectivity index (χ1v) is 8.62. The number of hydrogen-bond acceptors (Lipinski definition) is 4. The first-order valence-electron chi connectivity index (χ1n) is 8.62. The number of methoxy groups -OCH3 is 1. The number of ether oxygens (including phenoxy) is 1. The second kappa shape index (κ2) is 7.55. The smallest absolute Gasteiger partial charge is 0.432 e. The molecule has 1 aliphatic carbocycles. The zero-order valence-corrected chi connectivity index (χ0v) is 14.7. The van der Waals surface area contributed by atoms with Gasteiger partial charge in [-0.25, -0.2) is 4.79 Å². The Morgan fingerprint density at radius 2 is 1.96 bits per heavy atom. The molecule has 3 rings (SSSR count). The van der Waals surface area contributed by atoms with Gasteiger partial charge >= 0.3 is 11.3 Å². The lowest BCUT2D eigenvalue weighted by atomic mass is 9.88. The van der Waals surface area contributed by atoms with E-state index >= 15 is 0 Å². The van der Waals surface area contributed by atoms with Crippen molar-refractivity contribution in [3.8, 4) is 11.4 Å². The summed E-state index contributed by atoms with van der Waals surface area (Å²) in [5, 5.41) is 2.60. The molecule has 7 nitrogen and oxygen atoms in total. The number of nitrogens with one attached hydrogen (secondary N) is 1. The molecule has 1 amide bonds. The fourth-order valence-electron chi connectivity index (χ4n) is 3.33. The quantitative estimate of drug-likeness (QED) is 0.837. The molecule has 0 saturated heterocycles. The predicted molar refractivity (Wildman–Crippen MR) is 90.5 cm³/mol. The standard InChI is InChI=1S/C18H23N3O4/c1-20(17(22)13-6-4-3-5-7-13)12-16-18(23)25-19-21(16)14-8-10-15(24-2)11-9-14/h8-11,13H,3-7,12H2,1-2H3/p+1. The van der Waals surface area contributed by atoms with Crippen LogP contribution in [0.15, 0.2) is 33.6 Å². The highest BCUT2D eigenvalue weighted by Gasteiger charge is 2.29. The molecular formula is C18H24N3O4+. The number of amides is 1. The van der Waals surface area contributed by atoms with Crippen LogP contribution in [0.5, 0.6) is 5.75 Å². The lowest BCUT2D eigenvalue weighted by Gasteiger charge is -2.25. The van der Waals surface area contributed by atoms with Crippen molar-refractivity contribution in [2.24, 2.45) is 5.92 Å². The van der Waals surface area contributed by atoms with Gasteiger partial charge in [-0.3, -0.25) is 9.32 Å². The molecule has 0 unspecified atom stereocenters. The van der Waals surface area contributed by atoms with Crippen LogP contribution in [0.1, 0.15) is 37.8 Å². The van der Waals surface area contributed by atoms with Crippen LogP contribution in [0.3, 0.4) is 0 Å². The summed E-state index contributed by atoms with van der Waals surface area (Å²) in [5.41, 5.74) is 0.649. The van der Waals surface area contributed by atoms with Crippen molar-refractivity contribution < 1.29 is 18.7 Å². The molecule has 1 heterocycles. The van der Waals surface area contributed by atoms with Gasteiger partial charge in [0.1, 0.15) is 12.3 Å². The van der Waals surface area contributed by atoms with E-state index in [9.17, 15) is 9.59 Å². The van der Waals surface area contributed by atoms with Crippen LogP contribution in [-0.4, -0.2) is 30.2 Å². The van der Waals surface area contributed by atoms with Crippen LogP contribution >= 0.6 is 0 Å². The molecule has 134 valence electrons. The van der Waals surface area contributed by atoms with Crippen LogP contribution in [0.2, 0.25) is 0 Å². The van der Waals surface area contributed by atoms with E-state index in [1.54, 1.807) is 35.9 Å². The van der Waals surface area contributed by atoms with Gasteiger partial charge in [0.25, 0.3) is 0 Å². The minimum absolute atomic E-state index is 0.0687. The van der Waals surface area contributed by atoms with E-state index in [0.717, 1.165) is 37.1 Å². The molecule has 1 N–H and O–H groups in total. The number of hydrogen-bond donors (Lipinski definition) is 1. The van der Waals surface area contributed by atoms with Gasteiger partial charge < -0.3 is 9.64 Å². The summed E-state index contributed by atoms with van der Waals surface area (Å²) in [6.07, 6.45) is 5.27. The minimum Gasteiger partial charge on any atom is -0.497 e. The highest BCUT2D eigenvalue weighted by molar-refractivity contribution is 5.78. The first kappa shape index (κ1) is 17.3. The van der Waals surface area contributed by atoms with E-state index in [-0.39, 0.29) is 18.4 Å². The van der Waals surface area contributed by atoms with Crippen LogP contribution in [-0.2, 0) is 11.3 Å². The fraction of sp³-hybridized carbons (Fsp3) is 0.500. The average Bonchev–Trinajstić information content (AvgIpc) is 3.02. The highest BCUT2D eigenvalue weighted by atomic mass is 16.5. The number of H-pyrrole nitrogens is 1. The SMILES string of the molecule is COc1ccc(-[n+]2[nH]oc(=O)c2CN(C)C(=O)C2CCCCC2)cc1. The van der Waals surface area contributed by atoms with E-state index in [1.807, 2.05) is 12.1 Å². The number of aromatic amines is 1. The number of nitrogens with zero attached hydrogens (tertiary/aromatic N) is 2.